The van der Waals surface area contributed by atoms with Crippen LogP contribution in [0.3, 0.4) is 0 Å². The highest BCUT2D eigenvalue weighted by molar-refractivity contribution is 4.46. The maximum atomic E-state index is 7.01. The van der Waals surface area contributed by atoms with E-state index in [-0.39, 0.29) is 6.54 Å². The van der Waals surface area contributed by atoms with Crippen LogP contribution in [0.1, 0.15) is 1.37 Å². The van der Waals surface area contributed by atoms with Crippen molar-refractivity contribution in [1.29, 1.82) is 0 Å². The molecule has 1 atom stereocenters. The Kier molecular flexibility index (Phi) is 0.252. The van der Waals surface area contributed by atoms with Crippen molar-refractivity contribution in [1.82, 2.24) is 16.4 Å². The van der Waals surface area contributed by atoms with E-state index in [2.05, 4.69) is 0 Å². The summed E-state index contributed by atoms with van der Waals surface area (Å²) in [5.41, 5.74) is 1.88. The Labute approximate surface area is 36.5 Å². The van der Waals surface area contributed by atoms with Crippen molar-refractivity contribution in [3.63, 3.8) is 0 Å². The highest BCUT2D eigenvalue weighted by atomic mass is 15.6. The van der Waals surface area contributed by atoms with Crippen molar-refractivity contribution in [2.24, 2.45) is 0 Å². The van der Waals surface area contributed by atoms with Gasteiger partial charge in [-0.25, -0.2) is 10.8 Å². The second-order valence-corrected chi connectivity index (χ2v) is 0.711. The van der Waals surface area contributed by atoms with Crippen LogP contribution < -0.4 is 16.4 Å². The molecule has 0 aromatic heterocycles. The smallest absolute Gasteiger partial charge is 0.161 e. The molecule has 0 radical (unpaired) electrons. The molecule has 1 aliphatic rings. The molecule has 0 spiro atoms. The summed E-state index contributed by atoms with van der Waals surface area (Å²) >= 11 is 0. The van der Waals surface area contributed by atoms with Gasteiger partial charge in [0.25, 0.3) is 0 Å². The molecule has 1 saturated heterocycles. The molecule has 1 rings (SSSR count). The van der Waals surface area contributed by atoms with Crippen molar-refractivity contribution in [3.8, 4) is 0 Å². The zero-order valence-corrected chi connectivity index (χ0v) is 2.63. The highest BCUT2D eigenvalue weighted by Crippen LogP contribution is 1.54. The van der Waals surface area contributed by atoms with Crippen LogP contribution in [0.5, 0.6) is 0 Å². The molecule has 3 nitrogen and oxygen atoms in total. The summed E-state index contributed by atoms with van der Waals surface area (Å²) in [6, 6.07) is 0. The first-order valence-electron chi connectivity index (χ1n) is 3.30. The Morgan fingerprint density at radius 1 is 1.80 bits per heavy atom. The predicted molar refractivity (Wildman–Crippen MR) is 19.1 cm³/mol. The van der Waals surface area contributed by atoms with E-state index in [0.717, 1.165) is 5.42 Å². The summed E-state index contributed by atoms with van der Waals surface area (Å²) in [5.74, 6) is 0. The molecule has 0 aliphatic carbocycles. The largest absolute Gasteiger partial charge is 0.243 e. The van der Waals surface area contributed by atoms with Gasteiger partial charge in [-0.05, 0) is 0 Å². The van der Waals surface area contributed by atoms with Gasteiger partial charge in [-0.15, -0.1) is 0 Å². The number of nitrogens with one attached hydrogen (secondary N) is 3. The first-order valence-corrected chi connectivity index (χ1v) is 1.38. The second kappa shape index (κ2) is 1.35. The third-order valence-electron chi connectivity index (χ3n) is 0.360. The third kappa shape index (κ3) is 0.576. The third-order valence-corrected chi connectivity index (χ3v) is 0.360. The predicted octanol–water partition coefficient (Wildman–Crippen LogP) is -1.40. The molecule has 3 heteroatoms. The molecule has 3 N–H and O–H groups in total. The van der Waals surface area contributed by atoms with E-state index in [1.54, 1.807) is 0 Å². The van der Waals surface area contributed by atoms with Gasteiger partial charge in [-0.3, -0.25) is 0 Å². The van der Waals surface area contributed by atoms with Crippen molar-refractivity contribution in [2.75, 3.05) is 13.1 Å². The molecule has 0 amide bonds. The van der Waals surface area contributed by atoms with Crippen molar-refractivity contribution in [3.05, 3.63) is 0 Å². The van der Waals surface area contributed by atoms with Gasteiger partial charge in [-0.1, -0.05) is 0 Å². The minimum absolute atomic E-state index is 0.0903. The summed E-state index contributed by atoms with van der Waals surface area (Å²) in [6.07, 6.45) is 0. The zero-order chi connectivity index (χ0) is 7.02. The van der Waals surface area contributed by atoms with Gasteiger partial charge in [0.15, 0.2) is 1.41 Å². The molecule has 1 heterocycles. The molecular formula is C2H7N3. The van der Waals surface area contributed by atoms with E-state index < -0.39 is 6.52 Å². The van der Waals surface area contributed by atoms with Gasteiger partial charge < -0.3 is 0 Å². The van der Waals surface area contributed by atoms with Crippen LogP contribution in [0.2, 0.25) is 4.24 Å². The van der Waals surface area contributed by atoms with Crippen LogP contribution in [-0.4, -0.2) is 13.1 Å². The lowest BCUT2D eigenvalue weighted by atomic mass is 10.7. The molecule has 5 heavy (non-hydrogen) atoms. The summed E-state index contributed by atoms with van der Waals surface area (Å²) in [6.45, 7) is -0.715. The van der Waals surface area contributed by atoms with Crippen LogP contribution >= 0.6 is 0 Å². The van der Waals surface area contributed by atoms with Crippen molar-refractivity contribution < 1.29 is 5.61 Å². The maximum Gasteiger partial charge on any atom is 0.161 e. The molecular weight excluding hydrogens is 66.0 g/mol. The van der Waals surface area contributed by atoms with Crippen LogP contribution in [0.25, 0.3) is 0 Å². The number of rotatable bonds is 0. The van der Waals surface area contributed by atoms with Gasteiger partial charge in [0.2, 0.25) is 0 Å². The van der Waals surface area contributed by atoms with Gasteiger partial charge in [0.05, 0.1) is 0 Å². The zero-order valence-electron chi connectivity index (χ0n) is 6.63. The van der Waals surface area contributed by atoms with Crippen LogP contribution in [-0.2, 0) is 0 Å². The number of hydrogen-bond donors (Lipinski definition) is 3. The summed E-state index contributed by atoms with van der Waals surface area (Å²) in [5, 5.41) is 0. The number of hydrazine groups is 2. The fraction of sp³-hybridized carbons (Fsp3) is 1.00. The van der Waals surface area contributed by atoms with Crippen LogP contribution in [0.4, 0.5) is 0 Å². The molecule has 1 aliphatic heterocycles. The summed E-state index contributed by atoms with van der Waals surface area (Å²) < 4.78 is 27.7. The Hall–Kier alpha value is -0.120. The minimum atomic E-state index is -0.806. The molecule has 0 aromatic carbocycles. The van der Waals surface area contributed by atoms with Crippen LogP contribution in [0, 0.1) is 0 Å². The average molecular weight is 77.1 g/mol. The van der Waals surface area contributed by atoms with Gasteiger partial charge in [0.1, 0.15) is 2.82 Å². The van der Waals surface area contributed by atoms with E-state index in [1.165, 1.54) is 0 Å². The fourth-order valence-corrected chi connectivity index (χ4v) is 0.183. The summed E-state index contributed by atoms with van der Waals surface area (Å²) in [7, 11) is 0. The SMILES string of the molecule is [2H]C1CN([2H])N([2H])N1[2H]. The van der Waals surface area contributed by atoms with E-state index in [9.17, 15) is 0 Å². The Bertz CT molecular complexity index is 98.0. The molecule has 0 bridgehead atoms. The van der Waals surface area contributed by atoms with E-state index >= 15 is 0 Å². The topological polar surface area (TPSA) is 36.1 Å². The Balaban J connectivity index is 2.54. The standard InChI is InChI=1S/C2H7N3/c1-2-4-5-3-1/h3-5H,1-2H2/i1D/hD3. The van der Waals surface area contributed by atoms with E-state index in [0.29, 0.717) is 10.9 Å². The highest BCUT2D eigenvalue weighted by Gasteiger charge is 1.89. The molecule has 0 saturated carbocycles. The van der Waals surface area contributed by atoms with Crippen molar-refractivity contribution >= 4 is 0 Å². The van der Waals surface area contributed by atoms with Gasteiger partial charge >= 0.3 is 0 Å². The van der Waals surface area contributed by atoms with Crippen LogP contribution in [0.15, 0.2) is 0 Å². The van der Waals surface area contributed by atoms with E-state index in [1.807, 2.05) is 0 Å². The van der Waals surface area contributed by atoms with Gasteiger partial charge in [-0.2, -0.15) is 5.53 Å². The molecule has 0 aromatic rings. The quantitative estimate of drug-likeness (QED) is 0.333. The lowest BCUT2D eigenvalue weighted by molar-refractivity contribution is 0.592. The second-order valence-electron chi connectivity index (χ2n) is 0.711. The van der Waals surface area contributed by atoms with E-state index in [4.69, 9.17) is 5.61 Å². The lowest BCUT2D eigenvalue weighted by Gasteiger charge is -1.82. The first-order chi connectivity index (χ1) is 4.13. The molecule has 1 unspecified atom stereocenters. The Morgan fingerprint density at radius 2 is 2.80 bits per heavy atom. The minimum Gasteiger partial charge on any atom is -0.243 e. The average Bonchev–Trinajstić information content (AvgIpc) is 1.98. The lowest BCUT2D eigenvalue weighted by Crippen LogP contribution is -2.29. The Morgan fingerprint density at radius 3 is 3.00 bits per heavy atom. The normalized spacial score (nSPS) is 62.0. The maximum absolute atomic E-state index is 7.01. The monoisotopic (exact) mass is 77.1 g/mol. The molecule has 1 fully saturated rings. The molecule has 30 valence electrons. The number of hydrogen-bond acceptors (Lipinski definition) is 3. The first kappa shape index (κ1) is 0.932. The van der Waals surface area contributed by atoms with Crippen molar-refractivity contribution in [2.45, 2.75) is 0 Å². The fourth-order valence-electron chi connectivity index (χ4n) is 0.183. The summed E-state index contributed by atoms with van der Waals surface area (Å²) in [4.78, 5) is 0. The van der Waals surface area contributed by atoms with Gasteiger partial charge in [0, 0.05) is 14.4 Å².